The van der Waals surface area contributed by atoms with E-state index < -0.39 is 29.5 Å². The lowest BCUT2D eigenvalue weighted by molar-refractivity contribution is -0.145. The second-order valence-electron chi connectivity index (χ2n) is 9.20. The molecule has 4 rings (SSSR count). The molecule has 1 aliphatic heterocycles. The number of likely N-dealkylation sites (N-methyl/N-ethyl adjacent to an activating group) is 1. The quantitative estimate of drug-likeness (QED) is 0.500. The van der Waals surface area contributed by atoms with Gasteiger partial charge >= 0.3 is 6.18 Å². The van der Waals surface area contributed by atoms with E-state index in [1.165, 1.54) is 16.8 Å². The number of morpholine rings is 1. The standard InChI is InChI=1S/C26H28F3N5O4/c1-16-4-6-20(7-5-16)34-13-18(10-22(24(34)36)38-15-21-14-33(3)8-9-37-21)23(35)32-17(2)19-11-30-25(31-12-19)26(27,28)29/h4-7,10-13,17,21H,8-9,14-15H2,1-3H3,(H,32,35)/t17-,21-/m1/s1. The number of ether oxygens (including phenoxy) is 2. The van der Waals surface area contributed by atoms with Crippen molar-refractivity contribution in [1.29, 1.82) is 0 Å². The summed E-state index contributed by atoms with van der Waals surface area (Å²) in [6, 6.07) is 7.83. The second kappa shape index (κ2) is 11.3. The molecule has 1 amide bonds. The molecule has 3 heterocycles. The van der Waals surface area contributed by atoms with Crippen molar-refractivity contribution in [2.24, 2.45) is 0 Å². The Morgan fingerprint density at radius 2 is 1.92 bits per heavy atom. The van der Waals surface area contributed by atoms with Crippen LogP contribution < -0.4 is 15.6 Å². The maximum Gasteiger partial charge on any atom is 0.451 e. The fourth-order valence-corrected chi connectivity index (χ4v) is 3.90. The van der Waals surface area contributed by atoms with Crippen LogP contribution in [0.2, 0.25) is 0 Å². The van der Waals surface area contributed by atoms with Crippen LogP contribution in [-0.2, 0) is 10.9 Å². The molecule has 0 saturated carbocycles. The third-order valence-corrected chi connectivity index (χ3v) is 6.10. The Morgan fingerprint density at radius 1 is 1.24 bits per heavy atom. The summed E-state index contributed by atoms with van der Waals surface area (Å²) >= 11 is 0. The van der Waals surface area contributed by atoms with Crippen molar-refractivity contribution in [2.45, 2.75) is 32.2 Å². The number of benzene rings is 1. The van der Waals surface area contributed by atoms with Gasteiger partial charge in [-0.3, -0.25) is 14.2 Å². The number of hydrogen-bond donors (Lipinski definition) is 1. The first kappa shape index (κ1) is 27.3. The molecule has 1 N–H and O–H groups in total. The second-order valence-corrected chi connectivity index (χ2v) is 9.20. The van der Waals surface area contributed by atoms with Gasteiger partial charge in [-0.15, -0.1) is 0 Å². The zero-order chi connectivity index (χ0) is 27.4. The van der Waals surface area contributed by atoms with Gasteiger partial charge in [0.05, 0.1) is 18.2 Å². The van der Waals surface area contributed by atoms with E-state index in [-0.39, 0.29) is 29.6 Å². The predicted molar refractivity (Wildman–Crippen MR) is 132 cm³/mol. The van der Waals surface area contributed by atoms with Crippen molar-refractivity contribution in [3.63, 3.8) is 0 Å². The molecule has 2 atom stereocenters. The number of aryl methyl sites for hydroxylation is 1. The zero-order valence-electron chi connectivity index (χ0n) is 21.2. The number of aromatic nitrogens is 3. The molecule has 3 aromatic rings. The van der Waals surface area contributed by atoms with Crippen LogP contribution in [0.5, 0.6) is 5.75 Å². The number of nitrogens with zero attached hydrogens (tertiary/aromatic N) is 4. The highest BCUT2D eigenvalue weighted by Gasteiger charge is 2.34. The summed E-state index contributed by atoms with van der Waals surface area (Å²) in [4.78, 5) is 35.2. The lowest BCUT2D eigenvalue weighted by atomic mass is 10.1. The first-order chi connectivity index (χ1) is 18.0. The average Bonchev–Trinajstić information content (AvgIpc) is 2.88. The third-order valence-electron chi connectivity index (χ3n) is 6.10. The van der Waals surface area contributed by atoms with Gasteiger partial charge in [-0.25, -0.2) is 9.97 Å². The molecule has 0 radical (unpaired) electrons. The van der Waals surface area contributed by atoms with Gasteiger partial charge in [-0.05, 0) is 33.0 Å². The van der Waals surface area contributed by atoms with Crippen LogP contribution in [0.4, 0.5) is 13.2 Å². The molecule has 38 heavy (non-hydrogen) atoms. The van der Waals surface area contributed by atoms with Crippen molar-refractivity contribution < 1.29 is 27.4 Å². The summed E-state index contributed by atoms with van der Waals surface area (Å²) in [6.45, 7) is 5.62. The van der Waals surface area contributed by atoms with Crippen LogP contribution >= 0.6 is 0 Å². The Hall–Kier alpha value is -3.77. The Kier molecular flexibility index (Phi) is 8.12. The van der Waals surface area contributed by atoms with Gasteiger partial charge in [0, 0.05) is 49.0 Å². The van der Waals surface area contributed by atoms with Gasteiger partial charge in [0.1, 0.15) is 12.7 Å². The molecule has 0 unspecified atom stereocenters. The number of rotatable bonds is 7. The number of halogens is 3. The topological polar surface area (TPSA) is 98.6 Å². The van der Waals surface area contributed by atoms with Crippen molar-refractivity contribution in [3.05, 3.63) is 81.8 Å². The van der Waals surface area contributed by atoms with Crippen LogP contribution in [0.25, 0.3) is 5.69 Å². The van der Waals surface area contributed by atoms with E-state index in [1.54, 1.807) is 19.1 Å². The fourth-order valence-electron chi connectivity index (χ4n) is 3.90. The van der Waals surface area contributed by atoms with Gasteiger partial charge in [0.25, 0.3) is 11.5 Å². The summed E-state index contributed by atoms with van der Waals surface area (Å²) in [5.41, 5.74) is 1.50. The molecular formula is C26H28F3N5O4. The van der Waals surface area contributed by atoms with Crippen LogP contribution in [0.1, 0.15) is 40.3 Å². The van der Waals surface area contributed by atoms with E-state index in [0.717, 1.165) is 24.5 Å². The van der Waals surface area contributed by atoms with E-state index in [0.29, 0.717) is 18.8 Å². The number of nitrogens with one attached hydrogen (secondary N) is 1. The van der Waals surface area contributed by atoms with Gasteiger partial charge in [0.15, 0.2) is 5.75 Å². The van der Waals surface area contributed by atoms with E-state index in [1.807, 2.05) is 26.1 Å². The Bertz CT molecular complexity index is 1330. The summed E-state index contributed by atoms with van der Waals surface area (Å²) in [7, 11) is 1.97. The first-order valence-electron chi connectivity index (χ1n) is 12.0. The van der Waals surface area contributed by atoms with Gasteiger partial charge in [-0.2, -0.15) is 13.2 Å². The molecule has 9 nitrogen and oxygen atoms in total. The Balaban J connectivity index is 1.59. The van der Waals surface area contributed by atoms with Gasteiger partial charge in [-0.1, -0.05) is 17.7 Å². The maximum absolute atomic E-state index is 13.3. The molecule has 1 fully saturated rings. The number of hydrogen-bond acceptors (Lipinski definition) is 7. The highest BCUT2D eigenvalue weighted by atomic mass is 19.4. The Morgan fingerprint density at radius 3 is 2.55 bits per heavy atom. The predicted octanol–water partition coefficient (Wildman–Crippen LogP) is 3.16. The minimum Gasteiger partial charge on any atom is -0.485 e. The summed E-state index contributed by atoms with van der Waals surface area (Å²) in [5.74, 6) is -1.85. The number of pyridine rings is 1. The normalized spacial score (nSPS) is 17.2. The minimum absolute atomic E-state index is 0.0273. The van der Waals surface area contributed by atoms with E-state index in [2.05, 4.69) is 20.2 Å². The SMILES string of the molecule is Cc1ccc(-n2cc(C(=O)N[C@H](C)c3cnc(C(F)(F)F)nc3)cc(OC[C@H]3CN(C)CCO3)c2=O)cc1. The molecule has 1 aromatic carbocycles. The van der Waals surface area contributed by atoms with Crippen molar-refractivity contribution in [2.75, 3.05) is 33.4 Å². The third kappa shape index (κ3) is 6.56. The Labute approximate surface area is 217 Å². The molecular weight excluding hydrogens is 503 g/mol. The molecule has 1 saturated heterocycles. The molecule has 12 heteroatoms. The van der Waals surface area contributed by atoms with E-state index in [4.69, 9.17) is 9.47 Å². The summed E-state index contributed by atoms with van der Waals surface area (Å²) in [6.07, 6.45) is -1.47. The van der Waals surface area contributed by atoms with Crippen LogP contribution in [0.15, 0.2) is 53.7 Å². The van der Waals surface area contributed by atoms with Crippen molar-refractivity contribution >= 4 is 5.91 Å². The maximum atomic E-state index is 13.3. The number of alkyl halides is 3. The minimum atomic E-state index is -4.66. The lowest BCUT2D eigenvalue weighted by Gasteiger charge is -2.29. The average molecular weight is 532 g/mol. The zero-order valence-corrected chi connectivity index (χ0v) is 21.2. The van der Waals surface area contributed by atoms with Crippen LogP contribution in [-0.4, -0.2) is 64.8 Å². The van der Waals surface area contributed by atoms with Crippen LogP contribution in [0, 0.1) is 6.92 Å². The van der Waals surface area contributed by atoms with E-state index in [9.17, 15) is 22.8 Å². The molecule has 0 spiro atoms. The van der Waals surface area contributed by atoms with Crippen molar-refractivity contribution in [3.8, 4) is 11.4 Å². The highest BCUT2D eigenvalue weighted by Crippen LogP contribution is 2.26. The molecule has 202 valence electrons. The lowest BCUT2D eigenvalue weighted by Crippen LogP contribution is -2.43. The molecule has 0 aliphatic carbocycles. The molecule has 2 aromatic heterocycles. The highest BCUT2D eigenvalue weighted by molar-refractivity contribution is 5.94. The summed E-state index contributed by atoms with van der Waals surface area (Å²) < 4.78 is 51.2. The van der Waals surface area contributed by atoms with Gasteiger partial charge < -0.3 is 19.7 Å². The molecule has 0 bridgehead atoms. The van der Waals surface area contributed by atoms with Crippen molar-refractivity contribution in [1.82, 2.24) is 24.8 Å². The number of carbonyl (C=O) groups excluding carboxylic acids is 1. The first-order valence-corrected chi connectivity index (χ1v) is 12.0. The van der Waals surface area contributed by atoms with Gasteiger partial charge in [0.2, 0.25) is 5.82 Å². The van der Waals surface area contributed by atoms with E-state index >= 15 is 0 Å². The summed E-state index contributed by atoms with van der Waals surface area (Å²) in [5, 5.41) is 2.71. The smallest absolute Gasteiger partial charge is 0.451 e. The number of amides is 1. The largest absolute Gasteiger partial charge is 0.485 e. The fraction of sp³-hybridized carbons (Fsp3) is 0.385. The molecule has 1 aliphatic rings. The monoisotopic (exact) mass is 531 g/mol. The number of carbonyl (C=O) groups is 1. The van der Waals surface area contributed by atoms with Crippen LogP contribution in [0.3, 0.4) is 0 Å².